The van der Waals surface area contributed by atoms with Crippen molar-refractivity contribution in [3.63, 3.8) is 0 Å². The first kappa shape index (κ1) is 13.2. The summed E-state index contributed by atoms with van der Waals surface area (Å²) in [4.78, 5) is 11.2. The third-order valence-corrected chi connectivity index (χ3v) is 1.51. The van der Waals surface area contributed by atoms with Crippen LogP contribution in [-0.2, 0) is 4.74 Å². The van der Waals surface area contributed by atoms with Crippen molar-refractivity contribution >= 4 is 6.09 Å². The zero-order chi connectivity index (χ0) is 11.4. The van der Waals surface area contributed by atoms with E-state index in [0.717, 1.165) is 0 Å². The molecule has 0 aromatic rings. The van der Waals surface area contributed by atoms with Gasteiger partial charge in [-0.2, -0.15) is 0 Å². The van der Waals surface area contributed by atoms with Crippen LogP contribution >= 0.6 is 0 Å². The highest BCUT2D eigenvalue weighted by atomic mass is 16.6. The number of aliphatic hydroxyl groups excluding tert-OH is 2. The Kier molecular flexibility index (Phi) is 4.87. The van der Waals surface area contributed by atoms with E-state index in [2.05, 4.69) is 5.32 Å². The summed E-state index contributed by atoms with van der Waals surface area (Å²) in [5, 5.41) is 20.2. The van der Waals surface area contributed by atoms with Gasteiger partial charge in [0, 0.05) is 0 Å². The lowest BCUT2D eigenvalue weighted by molar-refractivity contribution is 0.0347. The van der Waals surface area contributed by atoms with Gasteiger partial charge in [-0.15, -0.1) is 0 Å². The van der Waals surface area contributed by atoms with E-state index < -0.39 is 30.4 Å². The van der Waals surface area contributed by atoms with Gasteiger partial charge < -0.3 is 20.3 Å². The largest absolute Gasteiger partial charge is 0.444 e. The van der Waals surface area contributed by atoms with Crippen molar-refractivity contribution in [2.24, 2.45) is 0 Å². The Morgan fingerprint density at radius 2 is 2.00 bits per heavy atom. The first-order chi connectivity index (χ1) is 6.26. The SMILES string of the molecule is C[C@H](NC(=O)OC(C)(C)C)[C@H](O)CO. The molecule has 0 aromatic heterocycles. The molecule has 0 rings (SSSR count). The van der Waals surface area contributed by atoms with Crippen LogP contribution in [0.4, 0.5) is 4.79 Å². The minimum absolute atomic E-state index is 0.392. The molecule has 0 saturated carbocycles. The van der Waals surface area contributed by atoms with Crippen molar-refractivity contribution in [2.75, 3.05) is 6.61 Å². The molecular formula is C9H19NO4. The summed E-state index contributed by atoms with van der Waals surface area (Å²) in [5.41, 5.74) is -0.562. The predicted octanol–water partition coefficient (Wildman–Crippen LogP) is 0.253. The number of nitrogens with one attached hydrogen (secondary N) is 1. The Morgan fingerprint density at radius 1 is 1.50 bits per heavy atom. The monoisotopic (exact) mass is 205 g/mol. The second-order valence-electron chi connectivity index (χ2n) is 4.18. The van der Waals surface area contributed by atoms with Gasteiger partial charge in [-0.3, -0.25) is 0 Å². The molecule has 5 nitrogen and oxygen atoms in total. The topological polar surface area (TPSA) is 78.8 Å². The molecule has 0 heterocycles. The molecule has 3 N–H and O–H groups in total. The molecule has 0 aliphatic heterocycles. The zero-order valence-corrected chi connectivity index (χ0v) is 9.07. The highest BCUT2D eigenvalue weighted by molar-refractivity contribution is 5.68. The van der Waals surface area contributed by atoms with Crippen molar-refractivity contribution in [1.29, 1.82) is 0 Å². The average Bonchev–Trinajstić information content (AvgIpc) is 1.99. The molecule has 0 saturated heterocycles. The van der Waals surface area contributed by atoms with E-state index in [1.165, 1.54) is 0 Å². The van der Waals surface area contributed by atoms with Crippen LogP contribution < -0.4 is 5.32 Å². The summed E-state index contributed by atoms with van der Waals surface area (Å²) in [5.74, 6) is 0. The molecule has 2 atom stereocenters. The quantitative estimate of drug-likeness (QED) is 0.617. The number of carbonyl (C=O) groups excluding carboxylic acids is 1. The maximum Gasteiger partial charge on any atom is 0.407 e. The van der Waals surface area contributed by atoms with Crippen LogP contribution in [0.5, 0.6) is 0 Å². The maximum atomic E-state index is 11.2. The number of carbonyl (C=O) groups is 1. The number of alkyl carbamates (subject to hydrolysis) is 1. The average molecular weight is 205 g/mol. The third-order valence-electron chi connectivity index (χ3n) is 1.51. The number of ether oxygens (including phenoxy) is 1. The predicted molar refractivity (Wildman–Crippen MR) is 51.9 cm³/mol. The fourth-order valence-electron chi connectivity index (χ4n) is 0.748. The van der Waals surface area contributed by atoms with Crippen LogP contribution in [0, 0.1) is 0 Å². The molecule has 84 valence electrons. The third kappa shape index (κ3) is 5.77. The van der Waals surface area contributed by atoms with Crippen molar-refractivity contribution in [3.05, 3.63) is 0 Å². The molecule has 14 heavy (non-hydrogen) atoms. The minimum Gasteiger partial charge on any atom is -0.444 e. The Hall–Kier alpha value is -0.810. The van der Waals surface area contributed by atoms with Crippen LogP contribution in [0.25, 0.3) is 0 Å². The highest BCUT2D eigenvalue weighted by Crippen LogP contribution is 2.07. The number of amides is 1. The normalized spacial score (nSPS) is 15.9. The van der Waals surface area contributed by atoms with Gasteiger partial charge in [-0.1, -0.05) is 0 Å². The van der Waals surface area contributed by atoms with Gasteiger partial charge in [0.15, 0.2) is 0 Å². The van der Waals surface area contributed by atoms with Gasteiger partial charge in [0.1, 0.15) is 5.60 Å². The molecular weight excluding hydrogens is 186 g/mol. The molecule has 0 spiro atoms. The number of hydrogen-bond acceptors (Lipinski definition) is 4. The van der Waals surface area contributed by atoms with E-state index in [9.17, 15) is 4.79 Å². The summed E-state index contributed by atoms with van der Waals surface area (Å²) < 4.78 is 4.96. The minimum atomic E-state index is -0.970. The van der Waals surface area contributed by atoms with Gasteiger partial charge in [0.25, 0.3) is 0 Å². The van der Waals surface area contributed by atoms with Crippen LogP contribution in [-0.4, -0.2) is 40.7 Å². The lowest BCUT2D eigenvalue weighted by Crippen LogP contribution is -2.44. The van der Waals surface area contributed by atoms with E-state index in [1.54, 1.807) is 27.7 Å². The van der Waals surface area contributed by atoms with Crippen molar-refractivity contribution in [3.8, 4) is 0 Å². The van der Waals surface area contributed by atoms with Crippen molar-refractivity contribution < 1.29 is 19.7 Å². The summed E-state index contributed by atoms with van der Waals surface area (Å²) in [6.45, 7) is 6.45. The molecule has 0 aromatic carbocycles. The molecule has 0 aliphatic rings. The summed E-state index contributed by atoms with van der Waals surface area (Å²) >= 11 is 0. The molecule has 0 aliphatic carbocycles. The van der Waals surface area contributed by atoms with E-state index in [-0.39, 0.29) is 0 Å². The summed E-state index contributed by atoms with van der Waals surface area (Å²) in [7, 11) is 0. The van der Waals surface area contributed by atoms with Gasteiger partial charge >= 0.3 is 6.09 Å². The van der Waals surface area contributed by atoms with E-state index in [1.807, 2.05) is 0 Å². The second kappa shape index (κ2) is 5.17. The molecule has 0 unspecified atom stereocenters. The fourth-order valence-corrected chi connectivity index (χ4v) is 0.748. The van der Waals surface area contributed by atoms with Crippen LogP contribution in [0.3, 0.4) is 0 Å². The Labute approximate surface area is 84.1 Å². The number of hydrogen-bond donors (Lipinski definition) is 3. The van der Waals surface area contributed by atoms with Crippen molar-refractivity contribution in [2.45, 2.75) is 45.4 Å². The summed E-state index contributed by atoms with van der Waals surface area (Å²) in [6, 6.07) is -0.533. The smallest absolute Gasteiger partial charge is 0.407 e. The Balaban J connectivity index is 3.95. The zero-order valence-electron chi connectivity index (χ0n) is 9.07. The van der Waals surface area contributed by atoms with Gasteiger partial charge in [-0.25, -0.2) is 4.79 Å². The molecule has 0 radical (unpaired) electrons. The van der Waals surface area contributed by atoms with Crippen LogP contribution in [0.1, 0.15) is 27.7 Å². The number of aliphatic hydroxyl groups is 2. The summed E-state index contributed by atoms with van der Waals surface area (Å²) in [6.07, 6.45) is -1.57. The van der Waals surface area contributed by atoms with Crippen molar-refractivity contribution in [1.82, 2.24) is 5.32 Å². The molecule has 0 bridgehead atoms. The van der Waals surface area contributed by atoms with Gasteiger partial charge in [0.05, 0.1) is 18.8 Å². The van der Waals surface area contributed by atoms with E-state index >= 15 is 0 Å². The Bertz CT molecular complexity index is 188. The first-order valence-electron chi connectivity index (χ1n) is 4.54. The highest BCUT2D eigenvalue weighted by Gasteiger charge is 2.20. The van der Waals surface area contributed by atoms with Crippen LogP contribution in [0.15, 0.2) is 0 Å². The Morgan fingerprint density at radius 3 is 2.36 bits per heavy atom. The van der Waals surface area contributed by atoms with Gasteiger partial charge in [-0.05, 0) is 27.7 Å². The molecule has 0 fully saturated rings. The van der Waals surface area contributed by atoms with E-state index in [4.69, 9.17) is 14.9 Å². The lowest BCUT2D eigenvalue weighted by atomic mass is 10.2. The number of rotatable bonds is 3. The fraction of sp³-hybridized carbons (Fsp3) is 0.889. The van der Waals surface area contributed by atoms with E-state index in [0.29, 0.717) is 0 Å². The second-order valence-corrected chi connectivity index (χ2v) is 4.18. The molecule has 1 amide bonds. The first-order valence-corrected chi connectivity index (χ1v) is 4.54. The molecule has 5 heteroatoms. The van der Waals surface area contributed by atoms with Crippen LogP contribution in [0.2, 0.25) is 0 Å². The van der Waals surface area contributed by atoms with Gasteiger partial charge in [0.2, 0.25) is 0 Å². The lowest BCUT2D eigenvalue weighted by Gasteiger charge is -2.23. The maximum absolute atomic E-state index is 11.2. The standard InChI is InChI=1S/C9H19NO4/c1-6(7(12)5-11)10-8(13)14-9(2,3)4/h6-7,11-12H,5H2,1-4H3,(H,10,13)/t6-,7+/m0/s1.